The minimum Gasteiger partial charge on any atom is -0.461 e. The highest BCUT2D eigenvalue weighted by molar-refractivity contribution is 5.96. The Kier molecular flexibility index (Phi) is 3.47. The van der Waals surface area contributed by atoms with Gasteiger partial charge in [0.05, 0.1) is 12.2 Å². The quantitative estimate of drug-likeness (QED) is 0.642. The number of nitrogens with zero attached hydrogens (tertiary/aromatic N) is 2. The molecule has 8 heteroatoms. The van der Waals surface area contributed by atoms with Gasteiger partial charge in [0, 0.05) is 6.20 Å². The lowest BCUT2D eigenvalue weighted by molar-refractivity contribution is -0.137. The molecule has 2 heterocycles. The lowest BCUT2D eigenvalue weighted by Gasteiger charge is -2.06. The van der Waals surface area contributed by atoms with Gasteiger partial charge in [0.25, 0.3) is 0 Å². The molecule has 0 N–H and O–H groups in total. The molecular formula is C12H9F3N2O3. The maximum absolute atomic E-state index is 12.6. The molecule has 0 fully saturated rings. The van der Waals surface area contributed by atoms with Crippen molar-refractivity contribution in [1.29, 1.82) is 0 Å². The lowest BCUT2D eigenvalue weighted by Crippen LogP contribution is -2.08. The first kappa shape index (κ1) is 14.0. The number of carbonyl (C=O) groups is 2. The number of aldehydes is 1. The van der Waals surface area contributed by atoms with E-state index >= 15 is 0 Å². The first-order valence-corrected chi connectivity index (χ1v) is 5.60. The van der Waals surface area contributed by atoms with E-state index in [9.17, 15) is 22.8 Å². The fraction of sp³-hybridized carbons (Fsp3) is 0.250. The molecule has 20 heavy (non-hydrogen) atoms. The second-order valence-corrected chi connectivity index (χ2v) is 3.83. The average molecular weight is 286 g/mol. The molecule has 0 bridgehead atoms. The molecule has 0 unspecified atom stereocenters. The van der Waals surface area contributed by atoms with Gasteiger partial charge in [-0.05, 0) is 19.1 Å². The van der Waals surface area contributed by atoms with Crippen molar-refractivity contribution in [3.05, 3.63) is 35.3 Å². The zero-order chi connectivity index (χ0) is 14.9. The number of carbonyl (C=O) groups excluding carboxylic acids is 2. The number of rotatable bonds is 3. The molecule has 5 nitrogen and oxygen atoms in total. The molecule has 106 valence electrons. The van der Waals surface area contributed by atoms with E-state index in [2.05, 4.69) is 4.98 Å². The van der Waals surface area contributed by atoms with Crippen LogP contribution in [0.4, 0.5) is 13.2 Å². The predicted octanol–water partition coefficient (Wildman–Crippen LogP) is 2.34. The summed E-state index contributed by atoms with van der Waals surface area (Å²) in [5.74, 6) is -0.855. The largest absolute Gasteiger partial charge is 0.461 e. The van der Waals surface area contributed by atoms with Crippen LogP contribution in [0.5, 0.6) is 0 Å². The molecule has 0 spiro atoms. The summed E-state index contributed by atoms with van der Waals surface area (Å²) in [4.78, 5) is 26.3. The van der Waals surface area contributed by atoms with Crippen LogP contribution in [0.3, 0.4) is 0 Å². The third-order valence-corrected chi connectivity index (χ3v) is 2.57. The van der Waals surface area contributed by atoms with Gasteiger partial charge < -0.3 is 4.74 Å². The van der Waals surface area contributed by atoms with Crippen molar-refractivity contribution in [2.24, 2.45) is 0 Å². The molecule has 2 aromatic rings. The summed E-state index contributed by atoms with van der Waals surface area (Å²) < 4.78 is 43.6. The van der Waals surface area contributed by atoms with Crippen LogP contribution in [0.1, 0.15) is 33.5 Å². The van der Waals surface area contributed by atoms with Crippen LogP contribution in [0.25, 0.3) is 5.65 Å². The van der Waals surface area contributed by atoms with Crippen molar-refractivity contribution in [3.8, 4) is 0 Å². The second-order valence-electron chi connectivity index (χ2n) is 3.83. The fourth-order valence-electron chi connectivity index (χ4n) is 1.70. The van der Waals surface area contributed by atoms with E-state index in [0.29, 0.717) is 6.29 Å². The Balaban J connectivity index is 2.62. The van der Waals surface area contributed by atoms with Gasteiger partial charge in [0.15, 0.2) is 12.0 Å². The van der Waals surface area contributed by atoms with Gasteiger partial charge in [0.2, 0.25) is 0 Å². The number of alkyl halides is 3. The molecule has 0 aliphatic carbocycles. The third-order valence-electron chi connectivity index (χ3n) is 2.57. The highest BCUT2D eigenvalue weighted by Crippen LogP contribution is 2.30. The van der Waals surface area contributed by atoms with Crippen LogP contribution in [0.15, 0.2) is 18.3 Å². The molecule has 0 amide bonds. The summed E-state index contributed by atoms with van der Waals surface area (Å²) in [7, 11) is 0. The Hall–Kier alpha value is -2.38. The summed E-state index contributed by atoms with van der Waals surface area (Å²) in [6.07, 6.45) is -3.14. The molecule has 0 saturated carbocycles. The maximum atomic E-state index is 12.6. The topological polar surface area (TPSA) is 60.7 Å². The van der Waals surface area contributed by atoms with Crippen LogP contribution in [-0.4, -0.2) is 28.2 Å². The van der Waals surface area contributed by atoms with Crippen LogP contribution < -0.4 is 0 Å². The zero-order valence-corrected chi connectivity index (χ0v) is 10.3. The minimum absolute atomic E-state index is 0.0683. The van der Waals surface area contributed by atoms with Crippen molar-refractivity contribution in [1.82, 2.24) is 9.38 Å². The Labute approximate surface area is 111 Å². The summed E-state index contributed by atoms with van der Waals surface area (Å²) >= 11 is 0. The standard InChI is InChI=1S/C12H9F3N2O3/c1-2-20-11(19)10-8(6-18)17-4-3-7(12(13,14)15)5-9(17)16-10/h3-6H,2H2,1H3. The van der Waals surface area contributed by atoms with E-state index in [1.165, 1.54) is 0 Å². The Morgan fingerprint density at radius 1 is 1.50 bits per heavy atom. The summed E-state index contributed by atoms with van der Waals surface area (Å²) in [5.41, 5.74) is -1.51. The van der Waals surface area contributed by atoms with Gasteiger partial charge in [0.1, 0.15) is 11.3 Å². The van der Waals surface area contributed by atoms with Crippen LogP contribution in [-0.2, 0) is 10.9 Å². The molecule has 0 saturated heterocycles. The number of ether oxygens (including phenoxy) is 1. The Bertz CT molecular complexity index is 676. The number of esters is 1. The highest BCUT2D eigenvalue weighted by Gasteiger charge is 2.31. The van der Waals surface area contributed by atoms with Gasteiger partial charge in [-0.3, -0.25) is 9.20 Å². The van der Waals surface area contributed by atoms with Crippen LogP contribution in [0, 0.1) is 0 Å². The summed E-state index contributed by atoms with van der Waals surface area (Å²) in [5, 5.41) is 0. The SMILES string of the molecule is CCOC(=O)c1nc2cc(C(F)(F)F)ccn2c1C=O. The Morgan fingerprint density at radius 2 is 2.20 bits per heavy atom. The van der Waals surface area contributed by atoms with E-state index in [0.717, 1.165) is 22.7 Å². The normalized spacial score (nSPS) is 11.6. The minimum atomic E-state index is -4.53. The van der Waals surface area contributed by atoms with Crippen molar-refractivity contribution >= 4 is 17.9 Å². The van der Waals surface area contributed by atoms with Crippen molar-refractivity contribution in [2.45, 2.75) is 13.1 Å². The van der Waals surface area contributed by atoms with Crippen molar-refractivity contribution < 1.29 is 27.5 Å². The van der Waals surface area contributed by atoms with Crippen LogP contribution >= 0.6 is 0 Å². The number of pyridine rings is 1. The van der Waals surface area contributed by atoms with Gasteiger partial charge in [-0.1, -0.05) is 0 Å². The van der Waals surface area contributed by atoms with Crippen LogP contribution in [0.2, 0.25) is 0 Å². The first-order valence-electron chi connectivity index (χ1n) is 5.60. The average Bonchev–Trinajstić information content (AvgIpc) is 2.75. The Morgan fingerprint density at radius 3 is 2.75 bits per heavy atom. The molecule has 0 atom stereocenters. The predicted molar refractivity (Wildman–Crippen MR) is 61.5 cm³/mol. The number of hydrogen-bond acceptors (Lipinski definition) is 4. The molecule has 0 aromatic carbocycles. The molecular weight excluding hydrogens is 277 g/mol. The fourth-order valence-corrected chi connectivity index (χ4v) is 1.70. The first-order chi connectivity index (χ1) is 9.38. The number of halogens is 3. The highest BCUT2D eigenvalue weighted by atomic mass is 19.4. The van der Waals surface area contributed by atoms with Gasteiger partial charge >= 0.3 is 12.1 Å². The summed E-state index contributed by atoms with van der Waals surface area (Å²) in [6, 6.07) is 1.56. The monoisotopic (exact) mass is 286 g/mol. The third kappa shape index (κ3) is 2.36. The molecule has 2 aromatic heterocycles. The van der Waals surface area contributed by atoms with Gasteiger partial charge in [-0.2, -0.15) is 13.2 Å². The van der Waals surface area contributed by atoms with E-state index in [1.807, 2.05) is 0 Å². The zero-order valence-electron chi connectivity index (χ0n) is 10.3. The smallest absolute Gasteiger partial charge is 0.416 e. The molecule has 0 radical (unpaired) electrons. The summed E-state index contributed by atoms with van der Waals surface area (Å²) in [6.45, 7) is 1.63. The lowest BCUT2D eigenvalue weighted by atomic mass is 10.2. The molecule has 0 aliphatic heterocycles. The number of fused-ring (bicyclic) bond motifs is 1. The van der Waals surface area contributed by atoms with E-state index in [4.69, 9.17) is 4.74 Å². The number of hydrogen-bond donors (Lipinski definition) is 0. The van der Waals surface area contributed by atoms with Crippen molar-refractivity contribution in [3.63, 3.8) is 0 Å². The number of imidazole rings is 1. The van der Waals surface area contributed by atoms with E-state index in [1.54, 1.807) is 6.92 Å². The maximum Gasteiger partial charge on any atom is 0.416 e. The number of aromatic nitrogens is 2. The molecule has 2 rings (SSSR count). The van der Waals surface area contributed by atoms with Gasteiger partial charge in [-0.15, -0.1) is 0 Å². The van der Waals surface area contributed by atoms with Crippen molar-refractivity contribution in [2.75, 3.05) is 6.61 Å². The second kappa shape index (κ2) is 4.95. The van der Waals surface area contributed by atoms with E-state index < -0.39 is 17.7 Å². The van der Waals surface area contributed by atoms with Gasteiger partial charge in [-0.25, -0.2) is 9.78 Å². The molecule has 0 aliphatic rings. The van der Waals surface area contributed by atoms with E-state index in [-0.39, 0.29) is 23.6 Å².